The number of esters is 1. The van der Waals surface area contributed by atoms with E-state index in [1.54, 1.807) is 0 Å². The average molecular weight is 268 g/mol. The van der Waals surface area contributed by atoms with Gasteiger partial charge in [-0.2, -0.15) is 0 Å². The van der Waals surface area contributed by atoms with E-state index in [0.29, 0.717) is 19.2 Å². The molecule has 1 atom stereocenters. The van der Waals surface area contributed by atoms with Crippen molar-refractivity contribution in [1.29, 1.82) is 0 Å². The van der Waals surface area contributed by atoms with E-state index in [0.717, 1.165) is 25.9 Å². The van der Waals surface area contributed by atoms with Crippen LogP contribution < -0.4 is 0 Å². The quantitative estimate of drug-likeness (QED) is 0.544. The summed E-state index contributed by atoms with van der Waals surface area (Å²) in [4.78, 5) is 16.6. The Morgan fingerprint density at radius 3 is 2.74 bits per heavy atom. The molecule has 2 saturated heterocycles. The molecule has 110 valence electrons. The minimum Gasteiger partial charge on any atom is -0.465 e. The van der Waals surface area contributed by atoms with Crippen molar-refractivity contribution in [3.63, 3.8) is 0 Å². The number of hydrogen-bond acceptors (Lipinski definition) is 4. The summed E-state index contributed by atoms with van der Waals surface area (Å²) in [6.45, 7) is 7.76. The SMILES string of the molecule is CCCCOC(=O)CN1CCC(N2CCCCC2)C1. The summed E-state index contributed by atoms with van der Waals surface area (Å²) in [5, 5.41) is 0. The fourth-order valence-corrected chi connectivity index (χ4v) is 3.10. The minimum atomic E-state index is -0.0484. The number of unbranched alkanes of at least 4 members (excludes halogenated alkanes) is 1. The van der Waals surface area contributed by atoms with E-state index in [4.69, 9.17) is 4.74 Å². The first-order valence-electron chi connectivity index (χ1n) is 7.91. The molecule has 0 radical (unpaired) electrons. The van der Waals surface area contributed by atoms with Crippen LogP contribution in [-0.4, -0.2) is 61.1 Å². The van der Waals surface area contributed by atoms with Crippen molar-refractivity contribution in [2.45, 2.75) is 51.5 Å². The fraction of sp³-hybridized carbons (Fsp3) is 0.933. The number of rotatable bonds is 6. The summed E-state index contributed by atoms with van der Waals surface area (Å²) < 4.78 is 5.23. The van der Waals surface area contributed by atoms with Gasteiger partial charge in [0.25, 0.3) is 0 Å². The van der Waals surface area contributed by atoms with E-state index in [1.807, 2.05) is 0 Å². The van der Waals surface area contributed by atoms with Crippen LogP contribution in [0, 0.1) is 0 Å². The van der Waals surface area contributed by atoms with Gasteiger partial charge < -0.3 is 4.74 Å². The van der Waals surface area contributed by atoms with Gasteiger partial charge in [0.05, 0.1) is 13.2 Å². The maximum atomic E-state index is 11.7. The van der Waals surface area contributed by atoms with Crippen molar-refractivity contribution in [2.24, 2.45) is 0 Å². The van der Waals surface area contributed by atoms with Crippen molar-refractivity contribution < 1.29 is 9.53 Å². The van der Waals surface area contributed by atoms with Crippen LogP contribution in [0.2, 0.25) is 0 Å². The second kappa shape index (κ2) is 7.85. The third kappa shape index (κ3) is 4.77. The first-order valence-corrected chi connectivity index (χ1v) is 7.91. The number of nitrogens with zero attached hydrogens (tertiary/aromatic N) is 2. The summed E-state index contributed by atoms with van der Waals surface area (Å²) in [6, 6.07) is 0.670. The summed E-state index contributed by atoms with van der Waals surface area (Å²) >= 11 is 0. The van der Waals surface area contributed by atoms with E-state index < -0.39 is 0 Å². The lowest BCUT2D eigenvalue weighted by Gasteiger charge is -2.32. The molecule has 19 heavy (non-hydrogen) atoms. The number of ether oxygens (including phenoxy) is 1. The molecule has 1 unspecified atom stereocenters. The summed E-state index contributed by atoms with van der Waals surface area (Å²) in [6.07, 6.45) is 7.33. The van der Waals surface area contributed by atoms with E-state index in [2.05, 4.69) is 16.7 Å². The highest BCUT2D eigenvalue weighted by atomic mass is 16.5. The first-order chi connectivity index (χ1) is 9.29. The lowest BCUT2D eigenvalue weighted by Crippen LogP contribution is -2.41. The molecule has 0 aromatic heterocycles. The molecule has 0 spiro atoms. The Morgan fingerprint density at radius 2 is 2.00 bits per heavy atom. The summed E-state index contributed by atoms with van der Waals surface area (Å²) in [5.74, 6) is -0.0484. The van der Waals surface area contributed by atoms with Gasteiger partial charge in [0.1, 0.15) is 0 Å². The molecule has 4 heteroatoms. The highest BCUT2D eigenvalue weighted by Gasteiger charge is 2.29. The predicted molar refractivity (Wildman–Crippen MR) is 76.1 cm³/mol. The van der Waals surface area contributed by atoms with Crippen LogP contribution in [0.25, 0.3) is 0 Å². The highest BCUT2D eigenvalue weighted by Crippen LogP contribution is 2.19. The Kier molecular flexibility index (Phi) is 6.11. The molecule has 0 aliphatic carbocycles. The van der Waals surface area contributed by atoms with Crippen molar-refractivity contribution in [2.75, 3.05) is 39.3 Å². The third-order valence-electron chi connectivity index (χ3n) is 4.27. The van der Waals surface area contributed by atoms with Gasteiger partial charge in [0.15, 0.2) is 0 Å². The van der Waals surface area contributed by atoms with Crippen molar-refractivity contribution in [1.82, 2.24) is 9.80 Å². The topological polar surface area (TPSA) is 32.8 Å². The van der Waals surface area contributed by atoms with Crippen LogP contribution in [-0.2, 0) is 9.53 Å². The number of likely N-dealkylation sites (tertiary alicyclic amines) is 2. The molecular formula is C15H28N2O2. The lowest BCUT2D eigenvalue weighted by molar-refractivity contribution is -0.144. The number of carbonyl (C=O) groups is 1. The molecule has 0 aromatic carbocycles. The molecule has 0 bridgehead atoms. The molecule has 4 nitrogen and oxygen atoms in total. The van der Waals surface area contributed by atoms with Crippen molar-refractivity contribution in [3.05, 3.63) is 0 Å². The first kappa shape index (κ1) is 14.8. The van der Waals surface area contributed by atoms with Gasteiger partial charge in [-0.05, 0) is 38.8 Å². The van der Waals surface area contributed by atoms with Gasteiger partial charge in [-0.3, -0.25) is 14.6 Å². The zero-order valence-corrected chi connectivity index (χ0v) is 12.3. The maximum absolute atomic E-state index is 11.7. The zero-order chi connectivity index (χ0) is 13.5. The van der Waals surface area contributed by atoms with Crippen molar-refractivity contribution in [3.8, 4) is 0 Å². The number of piperidine rings is 1. The lowest BCUT2D eigenvalue weighted by atomic mass is 10.1. The second-order valence-electron chi connectivity index (χ2n) is 5.85. The van der Waals surface area contributed by atoms with Crippen LogP contribution in [0.4, 0.5) is 0 Å². The van der Waals surface area contributed by atoms with E-state index >= 15 is 0 Å². The number of hydrogen-bond donors (Lipinski definition) is 0. The standard InChI is InChI=1S/C15H28N2O2/c1-2-3-11-19-15(18)13-16-10-7-14(12-16)17-8-5-4-6-9-17/h14H,2-13H2,1H3. The van der Waals surface area contributed by atoms with Crippen LogP contribution in [0.5, 0.6) is 0 Å². The monoisotopic (exact) mass is 268 g/mol. The van der Waals surface area contributed by atoms with Gasteiger partial charge in [-0.1, -0.05) is 19.8 Å². The third-order valence-corrected chi connectivity index (χ3v) is 4.27. The van der Waals surface area contributed by atoms with Gasteiger partial charge in [0, 0.05) is 19.1 Å². The average Bonchev–Trinajstić information content (AvgIpc) is 2.88. The minimum absolute atomic E-state index is 0.0484. The van der Waals surface area contributed by atoms with E-state index in [1.165, 1.54) is 38.8 Å². The van der Waals surface area contributed by atoms with Gasteiger partial charge in [0.2, 0.25) is 0 Å². The molecule has 2 heterocycles. The highest BCUT2D eigenvalue weighted by molar-refractivity contribution is 5.71. The molecule has 2 fully saturated rings. The van der Waals surface area contributed by atoms with Crippen LogP contribution in [0.15, 0.2) is 0 Å². The van der Waals surface area contributed by atoms with Crippen LogP contribution >= 0.6 is 0 Å². The molecule has 0 amide bonds. The largest absolute Gasteiger partial charge is 0.465 e. The molecule has 0 saturated carbocycles. The van der Waals surface area contributed by atoms with Gasteiger partial charge in [-0.15, -0.1) is 0 Å². The normalized spacial score (nSPS) is 25.6. The van der Waals surface area contributed by atoms with Crippen LogP contribution in [0.3, 0.4) is 0 Å². The smallest absolute Gasteiger partial charge is 0.320 e. The van der Waals surface area contributed by atoms with Gasteiger partial charge >= 0.3 is 5.97 Å². The molecular weight excluding hydrogens is 240 g/mol. The molecule has 2 aliphatic rings. The van der Waals surface area contributed by atoms with Crippen LogP contribution in [0.1, 0.15) is 45.4 Å². The summed E-state index contributed by atoms with van der Waals surface area (Å²) in [5.41, 5.74) is 0. The summed E-state index contributed by atoms with van der Waals surface area (Å²) in [7, 11) is 0. The Hall–Kier alpha value is -0.610. The molecule has 0 aromatic rings. The maximum Gasteiger partial charge on any atom is 0.320 e. The Balaban J connectivity index is 1.65. The van der Waals surface area contributed by atoms with Crippen molar-refractivity contribution >= 4 is 5.97 Å². The predicted octanol–water partition coefficient (Wildman–Crippen LogP) is 1.89. The van der Waals surface area contributed by atoms with Gasteiger partial charge in [-0.25, -0.2) is 0 Å². The Morgan fingerprint density at radius 1 is 1.21 bits per heavy atom. The fourth-order valence-electron chi connectivity index (χ4n) is 3.10. The Labute approximate surface area is 117 Å². The number of carbonyl (C=O) groups excluding carboxylic acids is 1. The molecule has 2 rings (SSSR count). The Bertz CT molecular complexity index is 277. The van der Waals surface area contributed by atoms with E-state index in [-0.39, 0.29) is 5.97 Å². The second-order valence-corrected chi connectivity index (χ2v) is 5.85. The molecule has 2 aliphatic heterocycles. The zero-order valence-electron chi connectivity index (χ0n) is 12.3. The molecule has 0 N–H and O–H groups in total. The van der Waals surface area contributed by atoms with E-state index in [9.17, 15) is 4.79 Å².